The number of rotatable bonds is 2. The average molecular weight is 310 g/mol. The van der Waals surface area contributed by atoms with Gasteiger partial charge in [0.2, 0.25) is 5.95 Å². The van der Waals surface area contributed by atoms with Crippen LogP contribution in [0.1, 0.15) is 43.6 Å². The van der Waals surface area contributed by atoms with E-state index in [0.717, 1.165) is 12.1 Å². The van der Waals surface area contributed by atoms with Gasteiger partial charge in [-0.3, -0.25) is 4.79 Å². The largest absolute Gasteiger partial charge is 0.350 e. The summed E-state index contributed by atoms with van der Waals surface area (Å²) < 4.78 is 0. The first kappa shape index (κ1) is 15.5. The fourth-order valence-electron chi connectivity index (χ4n) is 2.85. The molecule has 1 unspecified atom stereocenters. The van der Waals surface area contributed by atoms with Crippen LogP contribution < -0.4 is 10.2 Å². The summed E-state index contributed by atoms with van der Waals surface area (Å²) in [5.74, 6) is 0.480. The highest BCUT2D eigenvalue weighted by atomic mass is 16.2. The Bertz CT molecular complexity index is 719. The lowest BCUT2D eigenvalue weighted by atomic mass is 10.1. The number of carbonyl (C=O) groups excluding carboxylic acids is 1. The van der Waals surface area contributed by atoms with E-state index in [1.807, 2.05) is 43.9 Å². The molecule has 1 aromatic carbocycles. The molecule has 3 rings (SSSR count). The van der Waals surface area contributed by atoms with Gasteiger partial charge in [0.25, 0.3) is 5.91 Å². The fourth-order valence-corrected chi connectivity index (χ4v) is 2.85. The standard InChI is InChI=1S/C18H22N4O/c1-12-9-13-7-5-6-8-15(13)22(12)16(23)14-10-19-17(20-11-14)21-18(2,3)4/h5-8,10-12H,9H2,1-4H3,(H,19,20,21). The molecular weight excluding hydrogens is 288 g/mol. The van der Waals surface area contributed by atoms with Crippen LogP contribution in [0.5, 0.6) is 0 Å². The molecule has 0 saturated heterocycles. The summed E-state index contributed by atoms with van der Waals surface area (Å²) in [4.78, 5) is 23.2. The predicted octanol–water partition coefficient (Wildman–Crippen LogP) is 3.28. The van der Waals surface area contributed by atoms with Gasteiger partial charge >= 0.3 is 0 Å². The number of fused-ring (bicyclic) bond motifs is 1. The van der Waals surface area contributed by atoms with Gasteiger partial charge in [0, 0.05) is 29.7 Å². The van der Waals surface area contributed by atoms with Crippen LogP contribution in [0.2, 0.25) is 0 Å². The monoisotopic (exact) mass is 310 g/mol. The second-order valence-corrected chi connectivity index (χ2v) is 7.03. The zero-order valence-corrected chi connectivity index (χ0v) is 14.0. The lowest BCUT2D eigenvalue weighted by Gasteiger charge is -2.23. The highest BCUT2D eigenvalue weighted by Gasteiger charge is 2.31. The van der Waals surface area contributed by atoms with Crippen LogP contribution in [0.3, 0.4) is 0 Å². The maximum atomic E-state index is 12.8. The number of aromatic nitrogens is 2. The summed E-state index contributed by atoms with van der Waals surface area (Å²) in [5.41, 5.74) is 2.59. The minimum absolute atomic E-state index is 0.0511. The SMILES string of the molecule is CC1Cc2ccccc2N1C(=O)c1cnc(NC(C)(C)C)nc1. The molecule has 0 spiro atoms. The molecule has 1 N–H and O–H groups in total. The van der Waals surface area contributed by atoms with Crippen molar-refractivity contribution in [3.63, 3.8) is 0 Å². The normalized spacial score (nSPS) is 17.0. The van der Waals surface area contributed by atoms with Crippen molar-refractivity contribution in [2.45, 2.75) is 45.7 Å². The van der Waals surface area contributed by atoms with Gasteiger partial charge in [-0.2, -0.15) is 0 Å². The Morgan fingerprint density at radius 1 is 1.22 bits per heavy atom. The van der Waals surface area contributed by atoms with Crippen LogP contribution in [-0.2, 0) is 6.42 Å². The van der Waals surface area contributed by atoms with E-state index >= 15 is 0 Å². The van der Waals surface area contributed by atoms with E-state index in [1.165, 1.54) is 5.56 Å². The number of anilines is 2. The summed E-state index contributed by atoms with van der Waals surface area (Å²) in [6.07, 6.45) is 4.07. The zero-order chi connectivity index (χ0) is 16.6. The molecule has 0 fully saturated rings. The number of nitrogens with zero attached hydrogens (tertiary/aromatic N) is 3. The Labute approximate surface area is 136 Å². The van der Waals surface area contributed by atoms with Gasteiger partial charge in [0.1, 0.15) is 0 Å². The number of nitrogens with one attached hydrogen (secondary N) is 1. The Morgan fingerprint density at radius 2 is 1.87 bits per heavy atom. The first-order chi connectivity index (χ1) is 10.8. The van der Waals surface area contributed by atoms with Gasteiger partial charge < -0.3 is 10.2 Å². The average Bonchev–Trinajstić information content (AvgIpc) is 2.81. The first-order valence-electron chi connectivity index (χ1n) is 7.87. The Morgan fingerprint density at radius 3 is 2.52 bits per heavy atom. The van der Waals surface area contributed by atoms with Crippen molar-refractivity contribution in [3.05, 3.63) is 47.8 Å². The van der Waals surface area contributed by atoms with Crippen molar-refractivity contribution in [1.29, 1.82) is 0 Å². The molecule has 1 aliphatic rings. The third kappa shape index (κ3) is 3.18. The molecular formula is C18H22N4O. The van der Waals surface area contributed by atoms with Gasteiger partial charge in [0.05, 0.1) is 5.56 Å². The van der Waals surface area contributed by atoms with Crippen molar-refractivity contribution in [2.75, 3.05) is 10.2 Å². The van der Waals surface area contributed by atoms with E-state index < -0.39 is 0 Å². The summed E-state index contributed by atoms with van der Waals surface area (Å²) in [6, 6.07) is 8.19. The predicted molar refractivity (Wildman–Crippen MR) is 91.8 cm³/mol. The molecule has 1 amide bonds. The Balaban J connectivity index is 1.84. The third-order valence-corrected chi connectivity index (χ3v) is 3.81. The van der Waals surface area contributed by atoms with Crippen LogP contribution in [0.25, 0.3) is 0 Å². The van der Waals surface area contributed by atoms with Crippen LogP contribution in [0.15, 0.2) is 36.7 Å². The lowest BCUT2D eigenvalue weighted by molar-refractivity contribution is 0.0981. The lowest BCUT2D eigenvalue weighted by Crippen LogP contribution is -2.36. The molecule has 0 radical (unpaired) electrons. The quantitative estimate of drug-likeness (QED) is 0.925. The molecule has 2 aromatic rings. The van der Waals surface area contributed by atoms with Crippen LogP contribution in [-0.4, -0.2) is 27.5 Å². The minimum atomic E-state index is -0.117. The molecule has 5 nitrogen and oxygen atoms in total. The number of hydrogen-bond acceptors (Lipinski definition) is 4. The molecule has 0 bridgehead atoms. The summed E-state index contributed by atoms with van der Waals surface area (Å²) in [6.45, 7) is 8.18. The number of para-hydroxylation sites is 1. The molecule has 23 heavy (non-hydrogen) atoms. The molecule has 120 valence electrons. The van der Waals surface area contributed by atoms with Gasteiger partial charge in [-0.1, -0.05) is 18.2 Å². The number of carbonyl (C=O) groups is 1. The van der Waals surface area contributed by atoms with E-state index in [1.54, 1.807) is 12.4 Å². The highest BCUT2D eigenvalue weighted by Crippen LogP contribution is 2.32. The van der Waals surface area contributed by atoms with E-state index in [-0.39, 0.29) is 17.5 Å². The maximum absolute atomic E-state index is 12.8. The van der Waals surface area contributed by atoms with Crippen molar-refractivity contribution in [1.82, 2.24) is 9.97 Å². The van der Waals surface area contributed by atoms with Crippen molar-refractivity contribution >= 4 is 17.5 Å². The van der Waals surface area contributed by atoms with E-state index in [2.05, 4.69) is 28.3 Å². The minimum Gasteiger partial charge on any atom is -0.350 e. The summed E-state index contributed by atoms with van der Waals surface area (Å²) in [5, 5.41) is 3.19. The first-order valence-corrected chi connectivity index (χ1v) is 7.87. The van der Waals surface area contributed by atoms with Crippen molar-refractivity contribution in [2.24, 2.45) is 0 Å². The molecule has 2 heterocycles. The van der Waals surface area contributed by atoms with E-state index in [9.17, 15) is 4.79 Å². The van der Waals surface area contributed by atoms with Gasteiger partial charge in [-0.15, -0.1) is 0 Å². The second-order valence-electron chi connectivity index (χ2n) is 7.03. The number of amides is 1. The molecule has 0 aliphatic carbocycles. The van der Waals surface area contributed by atoms with Gasteiger partial charge in [-0.25, -0.2) is 9.97 Å². The second kappa shape index (κ2) is 5.65. The zero-order valence-electron chi connectivity index (χ0n) is 14.0. The number of hydrogen-bond donors (Lipinski definition) is 1. The van der Waals surface area contributed by atoms with Crippen molar-refractivity contribution < 1.29 is 4.79 Å². The molecule has 1 atom stereocenters. The maximum Gasteiger partial charge on any atom is 0.261 e. The fraction of sp³-hybridized carbons (Fsp3) is 0.389. The van der Waals surface area contributed by atoms with Gasteiger partial charge in [-0.05, 0) is 45.7 Å². The highest BCUT2D eigenvalue weighted by molar-refractivity contribution is 6.07. The van der Waals surface area contributed by atoms with E-state index in [0.29, 0.717) is 11.5 Å². The van der Waals surface area contributed by atoms with Gasteiger partial charge in [0.15, 0.2) is 0 Å². The Hall–Kier alpha value is -2.43. The molecule has 1 aliphatic heterocycles. The number of benzene rings is 1. The molecule has 0 saturated carbocycles. The van der Waals surface area contributed by atoms with Crippen LogP contribution in [0, 0.1) is 0 Å². The van der Waals surface area contributed by atoms with Crippen LogP contribution >= 0.6 is 0 Å². The van der Waals surface area contributed by atoms with Crippen LogP contribution in [0.4, 0.5) is 11.6 Å². The van der Waals surface area contributed by atoms with Crippen molar-refractivity contribution in [3.8, 4) is 0 Å². The Kier molecular flexibility index (Phi) is 3.80. The summed E-state index contributed by atoms with van der Waals surface area (Å²) in [7, 11) is 0. The molecule has 1 aromatic heterocycles. The third-order valence-electron chi connectivity index (χ3n) is 3.81. The van der Waals surface area contributed by atoms with E-state index in [4.69, 9.17) is 0 Å². The topological polar surface area (TPSA) is 58.1 Å². The summed E-state index contributed by atoms with van der Waals surface area (Å²) >= 11 is 0. The molecule has 5 heteroatoms. The smallest absolute Gasteiger partial charge is 0.261 e.